The Labute approximate surface area is 231 Å². The highest BCUT2D eigenvalue weighted by atomic mass is 19.4. The third kappa shape index (κ3) is 3.76. The Kier molecular flexibility index (Phi) is 5.99. The first-order valence-electron chi connectivity index (χ1n) is 13.2. The standard InChI is InChI=1S/C28H30F6N2O5/c1-24(2,3)11-7-8-15(14(9-11)26(41,27(29,30)31)28(32,33)34)35-20(37)16-12-10-13(17(16)21(35)38)19-18(12)22(39)36(23(19)40)25(4,5)6/h7-9,12-13,16-19,41H,10H2,1-6H3. The van der Waals surface area contributed by atoms with Crippen molar-refractivity contribution < 1.29 is 50.6 Å². The van der Waals surface area contributed by atoms with Crippen molar-refractivity contribution in [3.8, 4) is 0 Å². The van der Waals surface area contributed by atoms with Crippen LogP contribution in [0.15, 0.2) is 18.2 Å². The number of halogens is 6. The van der Waals surface area contributed by atoms with Crippen LogP contribution in [-0.2, 0) is 30.2 Å². The predicted molar refractivity (Wildman–Crippen MR) is 131 cm³/mol. The summed E-state index contributed by atoms with van der Waals surface area (Å²) in [7, 11) is 0. The molecule has 7 nitrogen and oxygen atoms in total. The van der Waals surface area contributed by atoms with E-state index in [0.717, 1.165) is 11.0 Å². The van der Waals surface area contributed by atoms with Crippen LogP contribution in [0.5, 0.6) is 0 Å². The van der Waals surface area contributed by atoms with Crippen molar-refractivity contribution in [3.63, 3.8) is 0 Å². The third-order valence-electron chi connectivity index (χ3n) is 9.17. The maximum Gasteiger partial charge on any atom is 0.430 e. The van der Waals surface area contributed by atoms with Gasteiger partial charge in [-0.05, 0) is 62.1 Å². The van der Waals surface area contributed by atoms with Crippen LogP contribution in [0.25, 0.3) is 0 Å². The van der Waals surface area contributed by atoms with Gasteiger partial charge in [-0.15, -0.1) is 0 Å². The molecule has 0 radical (unpaired) electrons. The van der Waals surface area contributed by atoms with E-state index >= 15 is 0 Å². The van der Waals surface area contributed by atoms with E-state index in [2.05, 4.69) is 0 Å². The van der Waals surface area contributed by atoms with E-state index < -0.39 is 99.3 Å². The van der Waals surface area contributed by atoms with Crippen LogP contribution in [-0.4, -0.2) is 51.5 Å². The van der Waals surface area contributed by atoms with Crippen LogP contribution < -0.4 is 4.90 Å². The molecular formula is C28H30F6N2O5. The fourth-order valence-electron chi connectivity index (χ4n) is 7.43. The number of imide groups is 2. The molecule has 6 unspecified atom stereocenters. The van der Waals surface area contributed by atoms with Gasteiger partial charge in [-0.1, -0.05) is 26.8 Å². The number of carbonyl (C=O) groups is 4. The first-order valence-corrected chi connectivity index (χ1v) is 13.2. The van der Waals surface area contributed by atoms with Gasteiger partial charge in [0.1, 0.15) is 0 Å². The van der Waals surface area contributed by atoms with Crippen molar-refractivity contribution in [1.82, 2.24) is 4.90 Å². The molecule has 2 aliphatic carbocycles. The molecule has 2 saturated carbocycles. The zero-order chi connectivity index (χ0) is 31.0. The lowest BCUT2D eigenvalue weighted by Gasteiger charge is -2.36. The summed E-state index contributed by atoms with van der Waals surface area (Å²) in [5, 5.41) is 10.4. The molecule has 1 aromatic rings. The van der Waals surface area contributed by atoms with E-state index in [-0.39, 0.29) is 16.9 Å². The number of benzene rings is 1. The fraction of sp³-hybridized carbons (Fsp3) is 0.643. The van der Waals surface area contributed by atoms with E-state index in [1.165, 1.54) is 26.8 Å². The van der Waals surface area contributed by atoms with Crippen molar-refractivity contribution in [2.24, 2.45) is 35.5 Å². The number of anilines is 1. The van der Waals surface area contributed by atoms with E-state index in [4.69, 9.17) is 0 Å². The second kappa shape index (κ2) is 8.32. The van der Waals surface area contributed by atoms with Gasteiger partial charge in [0.2, 0.25) is 23.6 Å². The van der Waals surface area contributed by atoms with Crippen LogP contribution >= 0.6 is 0 Å². The van der Waals surface area contributed by atoms with Crippen molar-refractivity contribution in [1.29, 1.82) is 0 Å². The minimum atomic E-state index is -6.26. The molecule has 6 atom stereocenters. The van der Waals surface area contributed by atoms with Crippen molar-refractivity contribution in [2.45, 2.75) is 76.9 Å². The first kappa shape index (κ1) is 29.5. The number of aliphatic hydroxyl groups is 1. The van der Waals surface area contributed by atoms with Gasteiger partial charge < -0.3 is 5.11 Å². The number of hydrogen-bond acceptors (Lipinski definition) is 5. The molecule has 0 spiro atoms. The summed E-state index contributed by atoms with van der Waals surface area (Å²) >= 11 is 0. The second-order valence-corrected chi connectivity index (χ2v) is 13.5. The lowest BCUT2D eigenvalue weighted by molar-refractivity contribution is -0.376. The predicted octanol–water partition coefficient (Wildman–Crippen LogP) is 4.45. The molecule has 2 bridgehead atoms. The van der Waals surface area contributed by atoms with Gasteiger partial charge in [0.15, 0.2) is 0 Å². The van der Waals surface area contributed by atoms with E-state index in [9.17, 15) is 50.6 Å². The zero-order valence-corrected chi connectivity index (χ0v) is 23.1. The summed E-state index contributed by atoms with van der Waals surface area (Å²) in [6.07, 6.45) is -12.3. The highest BCUT2D eigenvalue weighted by Crippen LogP contribution is 2.65. The summed E-state index contributed by atoms with van der Waals surface area (Å²) < 4.78 is 84.5. The van der Waals surface area contributed by atoms with Crippen LogP contribution in [0.1, 0.15) is 59.1 Å². The van der Waals surface area contributed by atoms with Crippen LogP contribution in [0.2, 0.25) is 0 Å². The van der Waals surface area contributed by atoms with Crippen LogP contribution in [0.3, 0.4) is 0 Å². The molecule has 0 aromatic heterocycles. The highest BCUT2D eigenvalue weighted by molar-refractivity contribution is 6.24. The van der Waals surface area contributed by atoms with Crippen LogP contribution in [0.4, 0.5) is 32.0 Å². The topological polar surface area (TPSA) is 95.0 Å². The monoisotopic (exact) mass is 588 g/mol. The maximum atomic E-state index is 14.1. The maximum absolute atomic E-state index is 14.1. The number of rotatable bonds is 2. The molecule has 2 heterocycles. The average Bonchev–Trinajstić information content (AvgIpc) is 3.50. The Morgan fingerprint density at radius 2 is 1.12 bits per heavy atom. The molecule has 224 valence electrons. The Morgan fingerprint density at radius 1 is 0.707 bits per heavy atom. The Morgan fingerprint density at radius 3 is 1.49 bits per heavy atom. The first-order chi connectivity index (χ1) is 18.5. The highest BCUT2D eigenvalue weighted by Gasteiger charge is 2.75. The molecule has 4 fully saturated rings. The quantitative estimate of drug-likeness (QED) is 0.407. The minimum Gasteiger partial charge on any atom is -0.369 e. The molecule has 1 N–H and O–H groups in total. The number of hydrogen-bond donors (Lipinski definition) is 1. The van der Waals surface area contributed by atoms with Gasteiger partial charge in [-0.25, -0.2) is 4.90 Å². The molecule has 5 rings (SSSR count). The Balaban J connectivity index is 1.64. The Hall–Kier alpha value is -2.96. The fourth-order valence-corrected chi connectivity index (χ4v) is 7.43. The van der Waals surface area contributed by atoms with Crippen molar-refractivity contribution in [2.75, 3.05) is 4.90 Å². The lowest BCUT2D eigenvalue weighted by atomic mass is 9.70. The molecule has 41 heavy (non-hydrogen) atoms. The lowest BCUT2D eigenvalue weighted by Crippen LogP contribution is -2.55. The van der Waals surface area contributed by atoms with E-state index in [1.807, 2.05) is 0 Å². The molecule has 4 amide bonds. The summed E-state index contributed by atoms with van der Waals surface area (Å²) in [6.45, 7) is 9.59. The number of carbonyl (C=O) groups excluding carboxylic acids is 4. The SMILES string of the molecule is CC(C)(C)c1ccc(N2C(=O)C3C4CC(C3C2=O)C2C(=O)N(C(C)(C)C)C(=O)C42)c(C(O)(C(F)(F)F)C(F)(F)F)c1. The summed E-state index contributed by atoms with van der Waals surface area (Å²) in [5.41, 5.74) is -9.95. The number of fused-ring (bicyclic) bond motifs is 8. The second-order valence-electron chi connectivity index (χ2n) is 13.5. The van der Waals surface area contributed by atoms with Gasteiger partial charge in [-0.2, -0.15) is 26.3 Å². The van der Waals surface area contributed by atoms with Gasteiger partial charge in [-0.3, -0.25) is 24.1 Å². The number of amides is 4. The number of likely N-dealkylation sites (tertiary alicyclic amines) is 1. The molecular weight excluding hydrogens is 558 g/mol. The molecule has 2 aliphatic heterocycles. The van der Waals surface area contributed by atoms with Gasteiger partial charge in [0.25, 0.3) is 5.60 Å². The normalized spacial score (nSPS) is 30.6. The zero-order valence-electron chi connectivity index (χ0n) is 23.1. The number of alkyl halides is 6. The summed E-state index contributed by atoms with van der Waals surface area (Å²) in [4.78, 5) is 55.5. The van der Waals surface area contributed by atoms with Gasteiger partial charge in [0, 0.05) is 11.1 Å². The minimum absolute atomic E-state index is 0.00414. The van der Waals surface area contributed by atoms with Crippen LogP contribution in [0, 0.1) is 35.5 Å². The summed E-state index contributed by atoms with van der Waals surface area (Å²) in [5.74, 6) is -8.84. The smallest absolute Gasteiger partial charge is 0.369 e. The molecule has 13 heteroatoms. The van der Waals surface area contributed by atoms with E-state index in [1.54, 1.807) is 20.8 Å². The number of nitrogens with zero attached hydrogens (tertiary/aromatic N) is 2. The Bertz CT molecular complexity index is 1310. The molecule has 4 aliphatic rings. The molecule has 2 saturated heterocycles. The largest absolute Gasteiger partial charge is 0.430 e. The summed E-state index contributed by atoms with van der Waals surface area (Å²) in [6, 6.07) is 2.55. The van der Waals surface area contributed by atoms with Crippen molar-refractivity contribution in [3.05, 3.63) is 29.3 Å². The average molecular weight is 589 g/mol. The molecule has 1 aromatic carbocycles. The van der Waals surface area contributed by atoms with Gasteiger partial charge >= 0.3 is 12.4 Å². The third-order valence-corrected chi connectivity index (χ3v) is 9.17. The van der Waals surface area contributed by atoms with Crippen molar-refractivity contribution >= 4 is 29.3 Å². The van der Waals surface area contributed by atoms with E-state index in [0.29, 0.717) is 6.07 Å². The van der Waals surface area contributed by atoms with Gasteiger partial charge in [0.05, 0.1) is 29.4 Å².